The first-order chi connectivity index (χ1) is 10.1. The molecule has 0 radical (unpaired) electrons. The number of carboxylic acids is 1. The van der Waals surface area contributed by atoms with Crippen LogP contribution in [0.25, 0.3) is 6.08 Å². The minimum absolute atomic E-state index is 0.0401. The second kappa shape index (κ2) is 6.88. The first-order valence-electron chi connectivity index (χ1n) is 6.94. The maximum atomic E-state index is 11.8. The fourth-order valence-electron chi connectivity index (χ4n) is 2.55. The molecule has 6 heteroatoms. The van der Waals surface area contributed by atoms with Gasteiger partial charge in [-0.2, -0.15) is 0 Å². The highest BCUT2D eigenvalue weighted by Crippen LogP contribution is 2.25. The molecule has 1 fully saturated rings. The molecule has 1 aromatic rings. The minimum Gasteiger partial charge on any atom is -0.478 e. The molecule has 1 atom stereocenters. The number of nitrogens with one attached hydrogen (secondary N) is 1. The second-order valence-electron chi connectivity index (χ2n) is 4.99. The van der Waals surface area contributed by atoms with Crippen molar-refractivity contribution in [2.45, 2.75) is 12.8 Å². The topological polar surface area (TPSA) is 82.5 Å². The van der Waals surface area contributed by atoms with E-state index in [0.29, 0.717) is 6.54 Å². The van der Waals surface area contributed by atoms with Crippen molar-refractivity contribution in [2.24, 2.45) is 5.92 Å². The van der Waals surface area contributed by atoms with Gasteiger partial charge in [0.05, 0.1) is 5.92 Å². The largest absolute Gasteiger partial charge is 0.478 e. The Bertz CT molecular complexity index is 557. The van der Waals surface area contributed by atoms with Gasteiger partial charge in [0.15, 0.2) is 0 Å². The van der Waals surface area contributed by atoms with Crippen molar-refractivity contribution in [3.63, 3.8) is 0 Å². The van der Waals surface area contributed by atoms with Gasteiger partial charge in [0.2, 0.25) is 5.91 Å². The van der Waals surface area contributed by atoms with Crippen molar-refractivity contribution in [3.05, 3.63) is 30.0 Å². The molecular formula is C15H19N3O3. The molecule has 2 rings (SSSR count). The predicted molar refractivity (Wildman–Crippen MR) is 79.9 cm³/mol. The molecule has 6 nitrogen and oxygen atoms in total. The lowest BCUT2D eigenvalue weighted by atomic mass is 9.97. The molecule has 0 saturated carbocycles. The average molecular weight is 289 g/mol. The molecule has 2 N–H and O–H groups in total. The van der Waals surface area contributed by atoms with Crippen LogP contribution in [-0.2, 0) is 9.59 Å². The van der Waals surface area contributed by atoms with Crippen LogP contribution in [0.5, 0.6) is 0 Å². The maximum absolute atomic E-state index is 11.8. The number of rotatable bonds is 4. The number of aromatic nitrogens is 1. The minimum atomic E-state index is -0.994. The fraction of sp³-hybridized carbons (Fsp3) is 0.400. The Morgan fingerprint density at radius 3 is 3.05 bits per heavy atom. The monoisotopic (exact) mass is 289 g/mol. The highest BCUT2D eigenvalue weighted by atomic mass is 16.4. The molecule has 112 valence electrons. The van der Waals surface area contributed by atoms with E-state index in [1.807, 2.05) is 11.0 Å². The van der Waals surface area contributed by atoms with Crippen molar-refractivity contribution in [1.82, 2.24) is 10.3 Å². The van der Waals surface area contributed by atoms with E-state index in [1.165, 1.54) is 6.08 Å². The van der Waals surface area contributed by atoms with Crippen LogP contribution in [0.1, 0.15) is 18.4 Å². The molecule has 1 saturated heterocycles. The van der Waals surface area contributed by atoms with E-state index in [1.54, 1.807) is 19.3 Å². The summed E-state index contributed by atoms with van der Waals surface area (Å²) in [5.74, 6) is -0.282. The lowest BCUT2D eigenvalue weighted by molar-refractivity contribution is -0.131. The van der Waals surface area contributed by atoms with Gasteiger partial charge >= 0.3 is 5.97 Å². The normalized spacial score (nSPS) is 18.7. The number of anilines is 1. The molecule has 0 bridgehead atoms. The molecule has 21 heavy (non-hydrogen) atoms. The highest BCUT2D eigenvalue weighted by molar-refractivity contribution is 5.86. The molecule has 2 heterocycles. The summed E-state index contributed by atoms with van der Waals surface area (Å²) in [5.41, 5.74) is 0.748. The second-order valence-corrected chi connectivity index (χ2v) is 4.99. The molecule has 1 aliphatic rings. The highest BCUT2D eigenvalue weighted by Gasteiger charge is 2.26. The van der Waals surface area contributed by atoms with Crippen LogP contribution in [0, 0.1) is 5.92 Å². The van der Waals surface area contributed by atoms with Crippen LogP contribution < -0.4 is 10.2 Å². The van der Waals surface area contributed by atoms with Crippen molar-refractivity contribution in [2.75, 3.05) is 25.0 Å². The Balaban J connectivity index is 2.21. The first kappa shape index (κ1) is 15.0. The predicted octanol–water partition coefficient (Wildman–Crippen LogP) is 1.14. The fourth-order valence-corrected chi connectivity index (χ4v) is 2.55. The van der Waals surface area contributed by atoms with Crippen LogP contribution >= 0.6 is 0 Å². The number of carbonyl (C=O) groups excluding carboxylic acids is 1. The Morgan fingerprint density at radius 1 is 1.52 bits per heavy atom. The summed E-state index contributed by atoms with van der Waals surface area (Å²) >= 11 is 0. The summed E-state index contributed by atoms with van der Waals surface area (Å²) in [6.07, 6.45) is 6.09. The number of carboxylic acid groups (broad SMARTS) is 1. The average Bonchev–Trinajstić information content (AvgIpc) is 2.52. The SMILES string of the molecule is CNC(=O)C1CCCN(c2ncccc2/C=C/C(=O)O)C1. The number of carbonyl (C=O) groups is 2. The summed E-state index contributed by atoms with van der Waals surface area (Å²) in [5, 5.41) is 11.4. The summed E-state index contributed by atoms with van der Waals surface area (Å²) in [6, 6.07) is 3.59. The van der Waals surface area contributed by atoms with Gasteiger partial charge in [-0.1, -0.05) is 0 Å². The van der Waals surface area contributed by atoms with Crippen LogP contribution in [0.3, 0.4) is 0 Å². The van der Waals surface area contributed by atoms with Gasteiger partial charge in [-0.3, -0.25) is 4.79 Å². The van der Waals surface area contributed by atoms with Gasteiger partial charge < -0.3 is 15.3 Å². The Kier molecular flexibility index (Phi) is 4.92. The van der Waals surface area contributed by atoms with Crippen molar-refractivity contribution in [1.29, 1.82) is 0 Å². The number of aliphatic carboxylic acids is 1. The molecule has 1 amide bonds. The number of hydrogen-bond acceptors (Lipinski definition) is 4. The van der Waals surface area contributed by atoms with Crippen LogP contribution in [-0.4, -0.2) is 42.1 Å². The van der Waals surface area contributed by atoms with Crippen molar-refractivity contribution >= 4 is 23.8 Å². The van der Waals surface area contributed by atoms with Crippen LogP contribution in [0.4, 0.5) is 5.82 Å². The van der Waals surface area contributed by atoms with E-state index in [0.717, 1.165) is 36.8 Å². The smallest absolute Gasteiger partial charge is 0.328 e. The molecule has 0 aromatic carbocycles. The van der Waals surface area contributed by atoms with Crippen LogP contribution in [0.2, 0.25) is 0 Å². The third-order valence-corrected chi connectivity index (χ3v) is 3.56. The van der Waals surface area contributed by atoms with E-state index in [9.17, 15) is 9.59 Å². The first-order valence-corrected chi connectivity index (χ1v) is 6.94. The summed E-state index contributed by atoms with van der Waals surface area (Å²) in [4.78, 5) is 28.9. The van der Waals surface area contributed by atoms with Gasteiger partial charge in [0.1, 0.15) is 5.82 Å². The number of hydrogen-bond donors (Lipinski definition) is 2. The number of amides is 1. The zero-order valence-corrected chi connectivity index (χ0v) is 12.0. The lowest BCUT2D eigenvalue weighted by Gasteiger charge is -2.33. The third-order valence-electron chi connectivity index (χ3n) is 3.56. The Morgan fingerprint density at radius 2 is 2.33 bits per heavy atom. The summed E-state index contributed by atoms with van der Waals surface area (Å²) < 4.78 is 0. The van der Waals surface area contributed by atoms with Gasteiger partial charge in [-0.15, -0.1) is 0 Å². The zero-order valence-electron chi connectivity index (χ0n) is 12.0. The van der Waals surface area contributed by atoms with E-state index >= 15 is 0 Å². The molecule has 0 aliphatic carbocycles. The van der Waals surface area contributed by atoms with Gasteiger partial charge in [0, 0.05) is 38.0 Å². The van der Waals surface area contributed by atoms with Gasteiger partial charge in [-0.05, 0) is 31.1 Å². The van der Waals surface area contributed by atoms with Gasteiger partial charge in [-0.25, -0.2) is 9.78 Å². The summed E-state index contributed by atoms with van der Waals surface area (Å²) in [6.45, 7) is 1.42. The standard InChI is InChI=1S/C15H19N3O3/c1-16-15(21)12-5-3-9-18(10-12)14-11(4-2-8-17-14)6-7-13(19)20/h2,4,6-8,12H,3,5,9-10H2,1H3,(H,16,21)(H,19,20)/b7-6+. The number of piperidine rings is 1. The van der Waals surface area contributed by atoms with E-state index in [4.69, 9.17) is 5.11 Å². The molecule has 1 unspecified atom stereocenters. The number of pyridine rings is 1. The molecular weight excluding hydrogens is 270 g/mol. The summed E-state index contributed by atoms with van der Waals surface area (Å²) in [7, 11) is 1.64. The van der Waals surface area contributed by atoms with Crippen molar-refractivity contribution < 1.29 is 14.7 Å². The molecule has 1 aromatic heterocycles. The van der Waals surface area contributed by atoms with E-state index in [2.05, 4.69) is 10.3 Å². The molecule has 1 aliphatic heterocycles. The maximum Gasteiger partial charge on any atom is 0.328 e. The lowest BCUT2D eigenvalue weighted by Crippen LogP contribution is -2.42. The van der Waals surface area contributed by atoms with Crippen LogP contribution in [0.15, 0.2) is 24.4 Å². The zero-order chi connectivity index (χ0) is 15.2. The van der Waals surface area contributed by atoms with E-state index in [-0.39, 0.29) is 11.8 Å². The third kappa shape index (κ3) is 3.81. The quantitative estimate of drug-likeness (QED) is 0.812. The molecule has 0 spiro atoms. The number of nitrogens with zero attached hydrogens (tertiary/aromatic N) is 2. The Labute approximate surface area is 123 Å². The van der Waals surface area contributed by atoms with Gasteiger partial charge in [0.25, 0.3) is 0 Å². The van der Waals surface area contributed by atoms with E-state index < -0.39 is 5.97 Å². The van der Waals surface area contributed by atoms with Crippen molar-refractivity contribution in [3.8, 4) is 0 Å². The Hall–Kier alpha value is -2.37.